The first-order chi connectivity index (χ1) is 15.1. The highest BCUT2D eigenvalue weighted by atomic mass is 16.5. The van der Waals surface area contributed by atoms with Gasteiger partial charge in [0.05, 0.1) is 24.8 Å². The molecule has 2 atom stereocenters. The summed E-state index contributed by atoms with van der Waals surface area (Å²) >= 11 is 0. The molecule has 6 nitrogen and oxygen atoms in total. The van der Waals surface area contributed by atoms with Crippen LogP contribution in [0.25, 0.3) is 11.8 Å². The normalized spacial score (nSPS) is 18.5. The topological polar surface area (TPSA) is 64.4 Å². The number of aromatic nitrogens is 2. The van der Waals surface area contributed by atoms with Crippen LogP contribution >= 0.6 is 0 Å². The number of nitrogens with zero attached hydrogens (tertiary/aromatic N) is 3. The summed E-state index contributed by atoms with van der Waals surface area (Å²) in [6, 6.07) is 15.7. The Labute approximate surface area is 181 Å². The van der Waals surface area contributed by atoms with Gasteiger partial charge < -0.3 is 19.0 Å². The van der Waals surface area contributed by atoms with Crippen LogP contribution in [0.15, 0.2) is 67.1 Å². The highest BCUT2D eigenvalue weighted by Gasteiger charge is 2.35. The summed E-state index contributed by atoms with van der Waals surface area (Å²) < 4.78 is 7.43. The summed E-state index contributed by atoms with van der Waals surface area (Å²) in [5, 5.41) is 0. The summed E-state index contributed by atoms with van der Waals surface area (Å²) in [5.41, 5.74) is 3.75. The Kier molecular flexibility index (Phi) is 5.98. The molecule has 1 aromatic heterocycles. The Hall–Kier alpha value is -3.67. The van der Waals surface area contributed by atoms with E-state index in [1.54, 1.807) is 30.5 Å². The Morgan fingerprint density at radius 3 is 2.65 bits per heavy atom. The van der Waals surface area contributed by atoms with Crippen LogP contribution in [-0.2, 0) is 9.59 Å². The van der Waals surface area contributed by atoms with Crippen molar-refractivity contribution in [2.24, 2.45) is 5.92 Å². The van der Waals surface area contributed by atoms with Crippen molar-refractivity contribution in [3.8, 4) is 11.4 Å². The molecule has 1 aliphatic rings. The van der Waals surface area contributed by atoms with Gasteiger partial charge in [-0.2, -0.15) is 0 Å². The molecule has 0 bridgehead atoms. The maximum absolute atomic E-state index is 12.8. The SMILES string of the molecule is COc1cc(C=CC(=O)N2CC(C=O)C(c3ccccc3)C2)ccc1-n1cnc(C)c1. The molecule has 158 valence electrons. The Morgan fingerprint density at radius 1 is 1.16 bits per heavy atom. The molecular weight excluding hydrogens is 390 g/mol. The van der Waals surface area contributed by atoms with Crippen molar-refractivity contribution in [2.75, 3.05) is 20.2 Å². The molecule has 6 heteroatoms. The molecule has 3 aromatic rings. The van der Waals surface area contributed by atoms with Crippen LogP contribution < -0.4 is 4.74 Å². The second-order valence-corrected chi connectivity index (χ2v) is 7.75. The van der Waals surface area contributed by atoms with E-state index in [4.69, 9.17) is 4.74 Å². The van der Waals surface area contributed by atoms with Gasteiger partial charge in [0, 0.05) is 37.2 Å². The van der Waals surface area contributed by atoms with Crippen molar-refractivity contribution in [3.05, 3.63) is 84.0 Å². The van der Waals surface area contributed by atoms with E-state index in [2.05, 4.69) is 4.98 Å². The number of aryl methyl sites for hydroxylation is 1. The lowest BCUT2D eigenvalue weighted by molar-refractivity contribution is -0.125. The Morgan fingerprint density at radius 2 is 1.97 bits per heavy atom. The second-order valence-electron chi connectivity index (χ2n) is 7.75. The van der Waals surface area contributed by atoms with Gasteiger partial charge in [-0.25, -0.2) is 4.98 Å². The molecular formula is C25H25N3O3. The molecule has 2 aromatic carbocycles. The number of benzene rings is 2. The van der Waals surface area contributed by atoms with Gasteiger partial charge in [-0.15, -0.1) is 0 Å². The first-order valence-corrected chi connectivity index (χ1v) is 10.2. The van der Waals surface area contributed by atoms with Gasteiger partial charge in [0.2, 0.25) is 5.91 Å². The second kappa shape index (κ2) is 9.00. The molecule has 2 heterocycles. The minimum absolute atomic E-state index is 0.0362. The predicted molar refractivity (Wildman–Crippen MR) is 119 cm³/mol. The van der Waals surface area contributed by atoms with E-state index < -0.39 is 0 Å². The van der Waals surface area contributed by atoms with E-state index in [9.17, 15) is 9.59 Å². The van der Waals surface area contributed by atoms with Gasteiger partial charge in [-0.05, 0) is 36.3 Å². The standard InChI is InChI=1S/C25H25N3O3/c1-18-13-28(17-26-18)23-10-8-19(12-24(23)31-2)9-11-25(30)27-14-21(16-29)22(15-27)20-6-4-3-5-7-20/h3-13,16-17,21-22H,14-15H2,1-2H3. The Balaban J connectivity index is 1.48. The largest absolute Gasteiger partial charge is 0.495 e. The van der Waals surface area contributed by atoms with Crippen molar-refractivity contribution in [2.45, 2.75) is 12.8 Å². The molecule has 0 aliphatic carbocycles. The highest BCUT2D eigenvalue weighted by molar-refractivity contribution is 5.92. The van der Waals surface area contributed by atoms with Crippen molar-refractivity contribution in [3.63, 3.8) is 0 Å². The van der Waals surface area contributed by atoms with Crippen LogP contribution in [0.3, 0.4) is 0 Å². The number of amides is 1. The number of imidazole rings is 1. The molecule has 1 saturated heterocycles. The van der Waals surface area contributed by atoms with Crippen molar-refractivity contribution in [1.29, 1.82) is 0 Å². The van der Waals surface area contributed by atoms with E-state index >= 15 is 0 Å². The Bertz CT molecular complexity index is 1100. The number of carbonyl (C=O) groups is 2. The average molecular weight is 415 g/mol. The quantitative estimate of drug-likeness (QED) is 0.455. The fourth-order valence-electron chi connectivity index (χ4n) is 4.04. The van der Waals surface area contributed by atoms with Gasteiger partial charge in [0.1, 0.15) is 12.0 Å². The van der Waals surface area contributed by atoms with Gasteiger partial charge >= 0.3 is 0 Å². The van der Waals surface area contributed by atoms with Crippen LogP contribution in [0, 0.1) is 12.8 Å². The molecule has 2 unspecified atom stereocenters. The molecule has 1 aliphatic heterocycles. The molecule has 0 saturated carbocycles. The fourth-order valence-corrected chi connectivity index (χ4v) is 4.04. The molecule has 1 fully saturated rings. The summed E-state index contributed by atoms with van der Waals surface area (Å²) in [6.45, 7) is 2.91. The molecule has 31 heavy (non-hydrogen) atoms. The zero-order valence-corrected chi connectivity index (χ0v) is 17.6. The van der Waals surface area contributed by atoms with Gasteiger partial charge in [0.15, 0.2) is 0 Å². The third-order valence-corrected chi connectivity index (χ3v) is 5.69. The molecule has 4 rings (SSSR count). The highest BCUT2D eigenvalue weighted by Crippen LogP contribution is 2.31. The van der Waals surface area contributed by atoms with Crippen LogP contribution in [0.4, 0.5) is 0 Å². The lowest BCUT2D eigenvalue weighted by atomic mass is 9.90. The van der Waals surface area contributed by atoms with Crippen LogP contribution in [0.5, 0.6) is 5.75 Å². The van der Waals surface area contributed by atoms with E-state index in [1.165, 1.54) is 0 Å². The smallest absolute Gasteiger partial charge is 0.246 e. The minimum Gasteiger partial charge on any atom is -0.495 e. The zero-order chi connectivity index (χ0) is 21.8. The maximum atomic E-state index is 12.8. The summed E-state index contributed by atoms with van der Waals surface area (Å²) in [4.78, 5) is 30.4. The molecule has 0 N–H and O–H groups in total. The van der Waals surface area contributed by atoms with Crippen LogP contribution in [0.1, 0.15) is 22.7 Å². The van der Waals surface area contributed by atoms with E-state index in [1.807, 2.05) is 66.2 Å². The first-order valence-electron chi connectivity index (χ1n) is 10.2. The molecule has 0 spiro atoms. The number of hydrogen-bond donors (Lipinski definition) is 0. The third kappa shape index (κ3) is 4.43. The van der Waals surface area contributed by atoms with Crippen molar-refractivity contribution in [1.82, 2.24) is 14.5 Å². The average Bonchev–Trinajstić information content (AvgIpc) is 3.44. The minimum atomic E-state index is -0.183. The van der Waals surface area contributed by atoms with E-state index in [0.717, 1.165) is 28.8 Å². The lowest BCUT2D eigenvalue weighted by Gasteiger charge is -2.15. The number of ether oxygens (including phenoxy) is 1. The van der Waals surface area contributed by atoms with Gasteiger partial charge in [-0.3, -0.25) is 4.79 Å². The van der Waals surface area contributed by atoms with Gasteiger partial charge in [-0.1, -0.05) is 36.4 Å². The number of rotatable bonds is 6. The summed E-state index contributed by atoms with van der Waals surface area (Å²) in [6.07, 6.45) is 7.98. The van der Waals surface area contributed by atoms with E-state index in [0.29, 0.717) is 18.8 Å². The van der Waals surface area contributed by atoms with Crippen molar-refractivity contribution < 1.29 is 14.3 Å². The zero-order valence-electron chi connectivity index (χ0n) is 17.6. The van der Waals surface area contributed by atoms with Crippen molar-refractivity contribution >= 4 is 18.3 Å². The first kappa shape index (κ1) is 20.6. The van der Waals surface area contributed by atoms with E-state index in [-0.39, 0.29) is 17.7 Å². The number of likely N-dealkylation sites (tertiary alicyclic amines) is 1. The summed E-state index contributed by atoms with van der Waals surface area (Å²) in [5.74, 6) is 0.448. The number of methoxy groups -OCH3 is 1. The molecule has 1 amide bonds. The maximum Gasteiger partial charge on any atom is 0.246 e. The monoisotopic (exact) mass is 415 g/mol. The van der Waals surface area contributed by atoms with Gasteiger partial charge in [0.25, 0.3) is 0 Å². The third-order valence-electron chi connectivity index (χ3n) is 5.69. The number of carbonyl (C=O) groups excluding carboxylic acids is 2. The number of aldehydes is 1. The molecule has 0 radical (unpaired) electrons. The summed E-state index contributed by atoms with van der Waals surface area (Å²) in [7, 11) is 1.62. The lowest BCUT2D eigenvalue weighted by Crippen LogP contribution is -2.27. The fraction of sp³-hybridized carbons (Fsp3) is 0.240. The predicted octanol–water partition coefficient (Wildman–Crippen LogP) is 3.64. The number of hydrogen-bond acceptors (Lipinski definition) is 4. The van der Waals surface area contributed by atoms with Crippen LogP contribution in [-0.4, -0.2) is 46.8 Å². The van der Waals surface area contributed by atoms with Crippen LogP contribution in [0.2, 0.25) is 0 Å².